The van der Waals surface area contributed by atoms with Crippen molar-refractivity contribution in [3.63, 3.8) is 0 Å². The first kappa shape index (κ1) is 24.8. The summed E-state index contributed by atoms with van der Waals surface area (Å²) in [7, 11) is -2.79. The van der Waals surface area contributed by atoms with Crippen LogP contribution >= 0.6 is 0 Å². The minimum Gasteiger partial charge on any atom is -0.457 e. The maximum absolute atomic E-state index is 12.8. The minimum atomic E-state index is -2.79. The number of rotatable bonds is 10. The molecule has 166 valence electrons. The van der Waals surface area contributed by atoms with Gasteiger partial charge in [0.05, 0.1) is 12.0 Å². The fourth-order valence-electron chi connectivity index (χ4n) is 3.88. The summed E-state index contributed by atoms with van der Waals surface area (Å²) >= 11 is 0. The van der Waals surface area contributed by atoms with Crippen LogP contribution in [0.1, 0.15) is 41.0 Å². The summed E-state index contributed by atoms with van der Waals surface area (Å²) in [5.41, 5.74) is 0. The number of esters is 1. The maximum Gasteiger partial charge on any atom is 0.375 e. The summed E-state index contributed by atoms with van der Waals surface area (Å²) in [5.74, 6) is -2.01. The molecule has 0 aliphatic rings. The molecule has 2 aromatic carbocycles. The molecule has 0 amide bonds. The average molecular weight is 439 g/mol. The predicted octanol–water partition coefficient (Wildman–Crippen LogP) is 4.28. The highest BCUT2D eigenvalue weighted by atomic mass is 28.4. The van der Waals surface area contributed by atoms with Crippen molar-refractivity contribution in [1.29, 1.82) is 0 Å². The van der Waals surface area contributed by atoms with Crippen molar-refractivity contribution >= 4 is 30.4 Å². The lowest BCUT2D eigenvalue weighted by Crippen LogP contribution is -2.67. The van der Waals surface area contributed by atoms with Crippen LogP contribution in [-0.4, -0.2) is 32.8 Å². The number of allylic oxidation sites excluding steroid dienone is 1. The quantitative estimate of drug-likeness (QED) is 0.240. The Labute approximate surface area is 187 Å². The Balaban J connectivity index is 2.49. The van der Waals surface area contributed by atoms with Crippen molar-refractivity contribution in [3.05, 3.63) is 73.3 Å². The largest absolute Gasteiger partial charge is 0.457 e. The van der Waals surface area contributed by atoms with E-state index in [0.29, 0.717) is 6.42 Å². The van der Waals surface area contributed by atoms with Crippen LogP contribution in [0.25, 0.3) is 0 Å². The summed E-state index contributed by atoms with van der Waals surface area (Å²) < 4.78 is 12.0. The van der Waals surface area contributed by atoms with E-state index in [1.807, 2.05) is 36.4 Å². The zero-order chi connectivity index (χ0) is 23.1. The van der Waals surface area contributed by atoms with E-state index in [-0.39, 0.29) is 17.7 Å². The van der Waals surface area contributed by atoms with Gasteiger partial charge >= 0.3 is 5.97 Å². The van der Waals surface area contributed by atoms with Gasteiger partial charge in [0.15, 0.2) is 0 Å². The molecule has 0 aromatic heterocycles. The normalized spacial score (nSPS) is 13.0. The van der Waals surface area contributed by atoms with Crippen LogP contribution in [0.2, 0.25) is 5.04 Å². The molecule has 0 radical (unpaired) electrons. The van der Waals surface area contributed by atoms with Crippen molar-refractivity contribution in [2.24, 2.45) is 5.92 Å². The van der Waals surface area contributed by atoms with Crippen molar-refractivity contribution in [3.8, 4) is 0 Å². The van der Waals surface area contributed by atoms with Gasteiger partial charge in [-0.15, -0.1) is 6.58 Å². The van der Waals surface area contributed by atoms with Gasteiger partial charge in [-0.25, -0.2) is 4.79 Å². The number of ketones is 1. The second kappa shape index (κ2) is 10.7. The standard InChI is InChI=1S/C26H34O4Si/c1-7-14-21(24(27)25(28)30-20(2)3)19-29-31(26(4,5)6,22-15-10-8-11-16-22)23-17-12-9-13-18-23/h7-13,15-18,20-21H,1,14,19H2,2-6H3. The summed E-state index contributed by atoms with van der Waals surface area (Å²) in [5, 5.41) is 2.04. The third-order valence-electron chi connectivity index (χ3n) is 5.28. The molecule has 0 aliphatic heterocycles. The van der Waals surface area contributed by atoms with Crippen LogP contribution in [0.4, 0.5) is 0 Å². The van der Waals surface area contributed by atoms with E-state index < -0.39 is 26.0 Å². The van der Waals surface area contributed by atoms with E-state index in [2.05, 4.69) is 51.6 Å². The number of hydrogen-bond donors (Lipinski definition) is 0. The molecule has 0 fully saturated rings. The van der Waals surface area contributed by atoms with E-state index >= 15 is 0 Å². The number of carbonyl (C=O) groups excluding carboxylic acids is 2. The molecule has 0 saturated heterocycles. The predicted molar refractivity (Wildman–Crippen MR) is 128 cm³/mol. The molecule has 2 rings (SSSR count). The second-order valence-corrected chi connectivity index (χ2v) is 13.3. The molecule has 0 saturated carbocycles. The summed E-state index contributed by atoms with van der Waals surface area (Å²) in [6.45, 7) is 13.9. The Morgan fingerprint density at radius 1 is 0.968 bits per heavy atom. The van der Waals surface area contributed by atoms with Gasteiger partial charge in [0.1, 0.15) is 0 Å². The van der Waals surface area contributed by atoms with Crippen LogP contribution in [0.15, 0.2) is 73.3 Å². The van der Waals surface area contributed by atoms with E-state index in [9.17, 15) is 9.59 Å². The lowest BCUT2D eigenvalue weighted by Gasteiger charge is -2.43. The van der Waals surface area contributed by atoms with E-state index in [1.165, 1.54) is 0 Å². The molecule has 1 unspecified atom stereocenters. The molecular formula is C26H34O4Si. The molecule has 0 heterocycles. The summed E-state index contributed by atoms with van der Waals surface area (Å²) in [4.78, 5) is 25.1. The van der Waals surface area contributed by atoms with Crippen molar-refractivity contribution < 1.29 is 18.8 Å². The molecule has 1 atom stereocenters. The highest BCUT2D eigenvalue weighted by Gasteiger charge is 2.50. The van der Waals surface area contributed by atoms with Crippen LogP contribution in [-0.2, 0) is 18.8 Å². The highest BCUT2D eigenvalue weighted by Crippen LogP contribution is 2.37. The lowest BCUT2D eigenvalue weighted by atomic mass is 10.0. The summed E-state index contributed by atoms with van der Waals surface area (Å²) in [6.07, 6.45) is 1.66. The molecular weight excluding hydrogens is 404 g/mol. The minimum absolute atomic E-state index is 0.130. The number of carbonyl (C=O) groups is 2. The number of benzene rings is 2. The fraction of sp³-hybridized carbons (Fsp3) is 0.385. The zero-order valence-electron chi connectivity index (χ0n) is 19.3. The molecule has 4 nitrogen and oxygen atoms in total. The van der Waals surface area contributed by atoms with Crippen molar-refractivity contribution in [2.45, 2.75) is 52.2 Å². The van der Waals surface area contributed by atoms with Gasteiger partial charge in [-0.05, 0) is 35.7 Å². The van der Waals surface area contributed by atoms with Gasteiger partial charge in [-0.3, -0.25) is 4.79 Å². The van der Waals surface area contributed by atoms with Gasteiger partial charge in [-0.1, -0.05) is 87.5 Å². The van der Waals surface area contributed by atoms with Gasteiger partial charge in [0, 0.05) is 6.61 Å². The second-order valence-electron chi connectivity index (χ2n) is 9.01. The summed E-state index contributed by atoms with van der Waals surface area (Å²) in [6, 6.07) is 20.4. The molecule has 0 bridgehead atoms. The molecule has 0 spiro atoms. The maximum atomic E-state index is 12.8. The highest BCUT2D eigenvalue weighted by molar-refractivity contribution is 6.99. The van der Waals surface area contributed by atoms with Crippen molar-refractivity contribution in [1.82, 2.24) is 0 Å². The Bertz CT molecular complexity index is 830. The Kier molecular flexibility index (Phi) is 8.54. The third kappa shape index (κ3) is 5.80. The number of ether oxygens (including phenoxy) is 1. The third-order valence-corrected chi connectivity index (χ3v) is 10.3. The van der Waals surface area contributed by atoms with Gasteiger partial charge in [0.2, 0.25) is 5.78 Å². The molecule has 2 aromatic rings. The number of Topliss-reactive ketones (excluding diaryl/α,β-unsaturated/α-hetero) is 1. The SMILES string of the molecule is C=CCC(CO[Si](c1ccccc1)(c1ccccc1)C(C)(C)C)C(=O)C(=O)OC(C)C. The topological polar surface area (TPSA) is 52.6 Å². The lowest BCUT2D eigenvalue weighted by molar-refractivity contribution is -0.158. The molecule has 0 aliphatic carbocycles. The Morgan fingerprint density at radius 2 is 1.45 bits per heavy atom. The van der Waals surface area contributed by atoms with Crippen LogP contribution in [0.3, 0.4) is 0 Å². The van der Waals surface area contributed by atoms with Gasteiger partial charge < -0.3 is 9.16 Å². The fourth-order valence-corrected chi connectivity index (χ4v) is 8.48. The van der Waals surface area contributed by atoms with E-state index in [4.69, 9.17) is 9.16 Å². The first-order valence-corrected chi connectivity index (χ1v) is 12.6. The Hall–Kier alpha value is -2.50. The first-order chi connectivity index (χ1) is 14.6. The average Bonchev–Trinajstić information content (AvgIpc) is 2.73. The zero-order valence-corrected chi connectivity index (χ0v) is 20.3. The van der Waals surface area contributed by atoms with Gasteiger partial charge in [-0.2, -0.15) is 0 Å². The van der Waals surface area contributed by atoms with Crippen LogP contribution < -0.4 is 10.4 Å². The molecule has 0 N–H and O–H groups in total. The first-order valence-electron chi connectivity index (χ1n) is 10.7. The monoisotopic (exact) mass is 438 g/mol. The smallest absolute Gasteiger partial charge is 0.375 e. The number of hydrogen-bond acceptors (Lipinski definition) is 4. The van der Waals surface area contributed by atoms with Gasteiger partial charge in [0.25, 0.3) is 8.32 Å². The van der Waals surface area contributed by atoms with Crippen molar-refractivity contribution in [2.75, 3.05) is 6.61 Å². The van der Waals surface area contributed by atoms with E-state index in [1.54, 1.807) is 19.9 Å². The van der Waals surface area contributed by atoms with Crippen LogP contribution in [0, 0.1) is 5.92 Å². The molecule has 31 heavy (non-hydrogen) atoms. The van der Waals surface area contributed by atoms with Crippen LogP contribution in [0.5, 0.6) is 0 Å². The molecule has 5 heteroatoms. The van der Waals surface area contributed by atoms with E-state index in [0.717, 1.165) is 10.4 Å². The Morgan fingerprint density at radius 3 is 1.84 bits per heavy atom.